The van der Waals surface area contributed by atoms with Gasteiger partial charge in [0.15, 0.2) is 0 Å². The lowest BCUT2D eigenvalue weighted by Gasteiger charge is -2.28. The average molecular weight is 155 g/mol. The predicted molar refractivity (Wildman–Crippen MR) is 49.8 cm³/mol. The zero-order chi connectivity index (χ0) is 8.16. The van der Waals surface area contributed by atoms with E-state index in [0.717, 1.165) is 6.54 Å². The molecule has 0 radical (unpaired) electrons. The Hall–Kier alpha value is -0.0400. The van der Waals surface area contributed by atoms with E-state index in [-0.39, 0.29) is 0 Å². The molecule has 1 aliphatic rings. The van der Waals surface area contributed by atoms with E-state index < -0.39 is 0 Å². The summed E-state index contributed by atoms with van der Waals surface area (Å²) in [6.45, 7) is 5.70. The minimum Gasteiger partial charge on any atom is -0.312 e. The van der Waals surface area contributed by atoms with Gasteiger partial charge in [0.05, 0.1) is 0 Å². The van der Waals surface area contributed by atoms with Crippen molar-refractivity contribution in [3.8, 4) is 0 Å². The highest BCUT2D eigenvalue weighted by Crippen LogP contribution is 2.26. The van der Waals surface area contributed by atoms with Gasteiger partial charge in [0.1, 0.15) is 0 Å². The lowest BCUT2D eigenvalue weighted by atomic mass is 9.93. The topological polar surface area (TPSA) is 12.0 Å². The molecule has 0 saturated heterocycles. The van der Waals surface area contributed by atoms with E-state index in [1.54, 1.807) is 0 Å². The van der Waals surface area contributed by atoms with Crippen molar-refractivity contribution in [3.05, 3.63) is 0 Å². The minimum atomic E-state index is 0.464. The predicted octanol–water partition coefficient (Wildman–Crippen LogP) is 2.71. The zero-order valence-electron chi connectivity index (χ0n) is 7.95. The molecule has 1 fully saturated rings. The summed E-state index contributed by atoms with van der Waals surface area (Å²) < 4.78 is 0. The fourth-order valence-electron chi connectivity index (χ4n) is 2.11. The number of nitrogens with one attached hydrogen (secondary N) is 1. The van der Waals surface area contributed by atoms with Crippen LogP contribution >= 0.6 is 0 Å². The van der Waals surface area contributed by atoms with E-state index in [2.05, 4.69) is 19.2 Å². The summed E-state index contributed by atoms with van der Waals surface area (Å²) in [5.41, 5.74) is 0.464. The van der Waals surface area contributed by atoms with Gasteiger partial charge in [-0.05, 0) is 26.3 Å². The Balaban J connectivity index is 2.38. The molecule has 1 aliphatic carbocycles. The molecule has 0 heterocycles. The molecule has 0 bridgehead atoms. The zero-order valence-corrected chi connectivity index (χ0v) is 7.95. The molecule has 1 N–H and O–H groups in total. The third kappa shape index (κ3) is 2.82. The minimum absolute atomic E-state index is 0.464. The van der Waals surface area contributed by atoms with Gasteiger partial charge in [0.25, 0.3) is 0 Å². The van der Waals surface area contributed by atoms with Crippen LogP contribution in [0.15, 0.2) is 0 Å². The second-order valence-electron chi connectivity index (χ2n) is 4.01. The first-order chi connectivity index (χ1) is 5.27. The Morgan fingerprint density at radius 1 is 1.09 bits per heavy atom. The van der Waals surface area contributed by atoms with Crippen LogP contribution in [-0.4, -0.2) is 12.1 Å². The molecule has 0 unspecified atom stereocenters. The number of hydrogen-bond donors (Lipinski definition) is 1. The summed E-state index contributed by atoms with van der Waals surface area (Å²) in [6, 6.07) is 0. The van der Waals surface area contributed by atoms with Crippen LogP contribution in [0, 0.1) is 0 Å². The maximum atomic E-state index is 3.60. The van der Waals surface area contributed by atoms with E-state index in [0.29, 0.717) is 5.54 Å². The molecule has 1 heteroatoms. The second-order valence-corrected chi connectivity index (χ2v) is 4.01. The van der Waals surface area contributed by atoms with Gasteiger partial charge in [-0.3, -0.25) is 0 Å². The van der Waals surface area contributed by atoms with Crippen molar-refractivity contribution in [3.63, 3.8) is 0 Å². The van der Waals surface area contributed by atoms with Crippen molar-refractivity contribution in [2.45, 2.75) is 57.9 Å². The van der Waals surface area contributed by atoms with Crippen LogP contribution in [-0.2, 0) is 0 Å². The van der Waals surface area contributed by atoms with Crippen molar-refractivity contribution in [1.82, 2.24) is 5.32 Å². The smallest absolute Gasteiger partial charge is 0.0153 e. The Morgan fingerprint density at radius 3 is 2.09 bits per heavy atom. The molecule has 0 aromatic rings. The molecule has 1 nitrogen and oxygen atoms in total. The Kier molecular flexibility index (Phi) is 3.38. The third-order valence-electron chi connectivity index (χ3n) is 2.81. The molecule has 0 aromatic carbocycles. The van der Waals surface area contributed by atoms with E-state index in [1.807, 2.05) is 0 Å². The third-order valence-corrected chi connectivity index (χ3v) is 2.81. The van der Waals surface area contributed by atoms with Gasteiger partial charge in [-0.15, -0.1) is 0 Å². The van der Waals surface area contributed by atoms with Crippen LogP contribution in [0.1, 0.15) is 52.4 Å². The standard InChI is InChI=1S/C10H21N/c1-3-11-10(2)8-6-4-5-7-9-10/h11H,3-9H2,1-2H3. The highest BCUT2D eigenvalue weighted by Gasteiger charge is 2.23. The van der Waals surface area contributed by atoms with Gasteiger partial charge in [-0.25, -0.2) is 0 Å². The average Bonchev–Trinajstić information content (AvgIpc) is 2.15. The maximum Gasteiger partial charge on any atom is 0.0153 e. The summed E-state index contributed by atoms with van der Waals surface area (Å²) in [4.78, 5) is 0. The monoisotopic (exact) mass is 155 g/mol. The fourth-order valence-corrected chi connectivity index (χ4v) is 2.11. The molecule has 0 amide bonds. The molecular weight excluding hydrogens is 134 g/mol. The highest BCUT2D eigenvalue weighted by molar-refractivity contribution is 4.84. The Labute approximate surface area is 70.6 Å². The van der Waals surface area contributed by atoms with Crippen molar-refractivity contribution < 1.29 is 0 Å². The van der Waals surface area contributed by atoms with Crippen molar-refractivity contribution in [2.75, 3.05) is 6.54 Å². The SMILES string of the molecule is CCNC1(C)CCCCCC1. The van der Waals surface area contributed by atoms with Gasteiger partial charge in [0.2, 0.25) is 0 Å². The van der Waals surface area contributed by atoms with Crippen molar-refractivity contribution >= 4 is 0 Å². The van der Waals surface area contributed by atoms with E-state index in [9.17, 15) is 0 Å². The van der Waals surface area contributed by atoms with E-state index in [4.69, 9.17) is 0 Å². The maximum absolute atomic E-state index is 3.60. The number of rotatable bonds is 2. The molecule has 0 spiro atoms. The van der Waals surface area contributed by atoms with Crippen molar-refractivity contribution in [1.29, 1.82) is 0 Å². The Bertz CT molecular complexity index is 101. The first-order valence-electron chi connectivity index (χ1n) is 5.02. The quantitative estimate of drug-likeness (QED) is 0.605. The summed E-state index contributed by atoms with van der Waals surface area (Å²) in [7, 11) is 0. The largest absolute Gasteiger partial charge is 0.312 e. The molecule has 66 valence electrons. The van der Waals surface area contributed by atoms with Gasteiger partial charge >= 0.3 is 0 Å². The summed E-state index contributed by atoms with van der Waals surface area (Å²) in [6.07, 6.45) is 8.48. The fraction of sp³-hybridized carbons (Fsp3) is 1.00. The number of hydrogen-bond acceptors (Lipinski definition) is 1. The van der Waals surface area contributed by atoms with Crippen LogP contribution in [0.3, 0.4) is 0 Å². The lowest BCUT2D eigenvalue weighted by Crippen LogP contribution is -2.41. The summed E-state index contributed by atoms with van der Waals surface area (Å²) in [5.74, 6) is 0. The van der Waals surface area contributed by atoms with Crippen LogP contribution in [0.4, 0.5) is 0 Å². The van der Waals surface area contributed by atoms with Gasteiger partial charge in [0, 0.05) is 5.54 Å². The molecule has 0 aromatic heterocycles. The highest BCUT2D eigenvalue weighted by atomic mass is 14.9. The van der Waals surface area contributed by atoms with E-state index in [1.165, 1.54) is 38.5 Å². The summed E-state index contributed by atoms with van der Waals surface area (Å²) in [5, 5.41) is 3.60. The van der Waals surface area contributed by atoms with Crippen LogP contribution < -0.4 is 5.32 Å². The van der Waals surface area contributed by atoms with E-state index >= 15 is 0 Å². The van der Waals surface area contributed by atoms with Gasteiger partial charge < -0.3 is 5.32 Å². The van der Waals surface area contributed by atoms with Gasteiger partial charge in [-0.2, -0.15) is 0 Å². The molecule has 11 heavy (non-hydrogen) atoms. The molecule has 0 atom stereocenters. The Morgan fingerprint density at radius 2 is 1.64 bits per heavy atom. The molecular formula is C10H21N. The molecule has 1 saturated carbocycles. The lowest BCUT2D eigenvalue weighted by molar-refractivity contribution is 0.320. The summed E-state index contributed by atoms with van der Waals surface area (Å²) >= 11 is 0. The van der Waals surface area contributed by atoms with Crippen LogP contribution in [0.5, 0.6) is 0 Å². The van der Waals surface area contributed by atoms with Crippen molar-refractivity contribution in [2.24, 2.45) is 0 Å². The molecule has 1 rings (SSSR count). The van der Waals surface area contributed by atoms with Crippen LogP contribution in [0.25, 0.3) is 0 Å². The van der Waals surface area contributed by atoms with Gasteiger partial charge in [-0.1, -0.05) is 32.6 Å². The first-order valence-corrected chi connectivity index (χ1v) is 5.02. The molecule has 0 aliphatic heterocycles. The first kappa shape index (κ1) is 9.05. The second kappa shape index (κ2) is 4.10. The normalized spacial score (nSPS) is 24.5. The van der Waals surface area contributed by atoms with Crippen LogP contribution in [0.2, 0.25) is 0 Å².